The van der Waals surface area contributed by atoms with Crippen molar-refractivity contribution in [1.82, 2.24) is 25.1 Å². The molecule has 1 aliphatic rings. The first-order valence-corrected chi connectivity index (χ1v) is 12.1. The molecule has 0 unspecified atom stereocenters. The molecule has 188 valence electrons. The predicted molar refractivity (Wildman–Crippen MR) is 136 cm³/mol. The molecule has 1 aromatic heterocycles. The first kappa shape index (κ1) is 24.8. The third-order valence-corrected chi connectivity index (χ3v) is 7.01. The van der Waals surface area contributed by atoms with Crippen LogP contribution < -0.4 is 19.1 Å². The number of aromatic nitrogens is 4. The van der Waals surface area contributed by atoms with Crippen LogP contribution in [0.1, 0.15) is 44.6 Å². The van der Waals surface area contributed by atoms with Gasteiger partial charge in [0.1, 0.15) is 23.3 Å². The Morgan fingerprint density at radius 2 is 1.63 bits per heavy atom. The number of rotatable bonds is 9. The molecule has 0 radical (unpaired) electrons. The topological polar surface area (TPSA) is 77.8 Å². The summed E-state index contributed by atoms with van der Waals surface area (Å²) in [6.07, 6.45) is 0.897. The molecule has 0 saturated carbocycles. The molecule has 4 rings (SSSR count). The van der Waals surface area contributed by atoms with Gasteiger partial charge in [-0.05, 0) is 61.0 Å². The fourth-order valence-electron chi connectivity index (χ4n) is 4.61. The van der Waals surface area contributed by atoms with Crippen molar-refractivity contribution in [3.8, 4) is 17.2 Å². The van der Waals surface area contributed by atoms with Crippen LogP contribution in [0.2, 0.25) is 0 Å². The molecule has 0 spiro atoms. The summed E-state index contributed by atoms with van der Waals surface area (Å²) in [6.45, 7) is 9.81. The van der Waals surface area contributed by atoms with Crippen molar-refractivity contribution < 1.29 is 14.2 Å². The maximum atomic E-state index is 5.80. The second-order valence-corrected chi connectivity index (χ2v) is 9.32. The number of para-hydroxylation sites is 2. The lowest BCUT2D eigenvalue weighted by atomic mass is 9.98. The Labute approximate surface area is 207 Å². The van der Waals surface area contributed by atoms with Crippen molar-refractivity contribution in [2.45, 2.75) is 38.8 Å². The normalized spacial score (nSPS) is 15.7. The molecule has 1 fully saturated rings. The van der Waals surface area contributed by atoms with Gasteiger partial charge in [-0.2, -0.15) is 0 Å². The first-order valence-electron chi connectivity index (χ1n) is 12.1. The Hall–Kier alpha value is -3.33. The number of hydrogen-bond acceptors (Lipinski definition) is 8. The highest BCUT2D eigenvalue weighted by molar-refractivity contribution is 5.58. The second kappa shape index (κ2) is 10.5. The van der Waals surface area contributed by atoms with Crippen LogP contribution in [0.15, 0.2) is 42.5 Å². The van der Waals surface area contributed by atoms with Gasteiger partial charge < -0.3 is 19.1 Å². The number of anilines is 1. The Morgan fingerprint density at radius 1 is 0.914 bits per heavy atom. The van der Waals surface area contributed by atoms with Crippen LogP contribution in [0.4, 0.5) is 5.69 Å². The van der Waals surface area contributed by atoms with E-state index in [4.69, 9.17) is 14.2 Å². The second-order valence-electron chi connectivity index (χ2n) is 9.32. The molecule has 9 nitrogen and oxygen atoms in total. The third kappa shape index (κ3) is 4.91. The Kier molecular flexibility index (Phi) is 7.45. The Morgan fingerprint density at radius 3 is 2.29 bits per heavy atom. The molecule has 0 aliphatic carbocycles. The number of hydrogen-bond donors (Lipinski definition) is 0. The predicted octanol–water partition coefficient (Wildman–Crippen LogP) is 3.76. The van der Waals surface area contributed by atoms with E-state index in [0.717, 1.165) is 66.9 Å². The van der Waals surface area contributed by atoms with E-state index in [9.17, 15) is 0 Å². The van der Waals surface area contributed by atoms with Gasteiger partial charge in [0.2, 0.25) is 0 Å². The highest BCUT2D eigenvalue weighted by Crippen LogP contribution is 2.39. The lowest BCUT2D eigenvalue weighted by molar-refractivity contribution is 0.184. The maximum Gasteiger partial charge on any atom is 0.173 e. The Bertz CT molecular complexity index is 1120. The number of benzene rings is 2. The minimum Gasteiger partial charge on any atom is -0.497 e. The molecule has 35 heavy (non-hydrogen) atoms. The highest BCUT2D eigenvalue weighted by atomic mass is 16.5. The van der Waals surface area contributed by atoms with Crippen LogP contribution in [0.3, 0.4) is 0 Å². The minimum atomic E-state index is -0.234. The first-order chi connectivity index (χ1) is 16.9. The highest BCUT2D eigenvalue weighted by Gasteiger charge is 2.36. The molecule has 0 bridgehead atoms. The van der Waals surface area contributed by atoms with Gasteiger partial charge in [-0.1, -0.05) is 19.1 Å². The average Bonchev–Trinajstić information content (AvgIpc) is 3.39. The summed E-state index contributed by atoms with van der Waals surface area (Å²) >= 11 is 0. The zero-order valence-electron chi connectivity index (χ0n) is 21.6. The van der Waals surface area contributed by atoms with E-state index < -0.39 is 0 Å². The third-order valence-electron chi connectivity index (χ3n) is 7.01. The quantitative estimate of drug-likeness (QED) is 0.458. The molecule has 1 saturated heterocycles. The van der Waals surface area contributed by atoms with Crippen molar-refractivity contribution in [1.29, 1.82) is 0 Å². The Balaban J connectivity index is 1.73. The molecule has 9 heteroatoms. The number of methoxy groups -OCH3 is 3. The summed E-state index contributed by atoms with van der Waals surface area (Å²) in [7, 11) is 5.09. The number of nitrogens with zero attached hydrogens (tertiary/aromatic N) is 6. The molecule has 1 aliphatic heterocycles. The molecular weight excluding hydrogens is 444 g/mol. The van der Waals surface area contributed by atoms with Crippen molar-refractivity contribution >= 4 is 5.69 Å². The van der Waals surface area contributed by atoms with E-state index in [1.807, 2.05) is 35.0 Å². The lowest BCUT2D eigenvalue weighted by Gasteiger charge is -2.41. The molecule has 2 aromatic carbocycles. The number of tetrazole rings is 1. The molecular formula is C26H36N6O3. The zero-order valence-corrected chi connectivity index (χ0v) is 21.6. The van der Waals surface area contributed by atoms with Gasteiger partial charge in [-0.25, -0.2) is 4.68 Å². The van der Waals surface area contributed by atoms with Gasteiger partial charge >= 0.3 is 0 Å². The van der Waals surface area contributed by atoms with Crippen LogP contribution in [0.5, 0.6) is 17.2 Å². The minimum absolute atomic E-state index is 0.194. The largest absolute Gasteiger partial charge is 0.497 e. The molecule has 0 N–H and O–H groups in total. The molecule has 1 atom stereocenters. The SMILES string of the molecule is CCC(C)(C)n1nnnc1[C@H](c1cc(OC)ccc1OC)N1CCN(c2ccccc2OC)CC1. The van der Waals surface area contributed by atoms with Crippen LogP contribution in [-0.2, 0) is 5.54 Å². The van der Waals surface area contributed by atoms with Crippen LogP contribution >= 0.6 is 0 Å². The maximum absolute atomic E-state index is 5.80. The van der Waals surface area contributed by atoms with Gasteiger partial charge in [0.05, 0.1) is 32.6 Å². The summed E-state index contributed by atoms with van der Waals surface area (Å²) < 4.78 is 18.9. The van der Waals surface area contributed by atoms with Crippen molar-refractivity contribution in [3.63, 3.8) is 0 Å². The van der Waals surface area contributed by atoms with E-state index >= 15 is 0 Å². The lowest BCUT2D eigenvalue weighted by Crippen LogP contribution is -2.49. The summed E-state index contributed by atoms with van der Waals surface area (Å²) in [4.78, 5) is 4.80. The van der Waals surface area contributed by atoms with E-state index in [0.29, 0.717) is 0 Å². The van der Waals surface area contributed by atoms with Crippen molar-refractivity contribution in [2.75, 3.05) is 52.4 Å². The summed E-state index contributed by atoms with van der Waals surface area (Å²) in [5, 5.41) is 13.1. The van der Waals surface area contributed by atoms with E-state index in [2.05, 4.69) is 58.2 Å². The fraction of sp³-hybridized carbons (Fsp3) is 0.500. The smallest absolute Gasteiger partial charge is 0.173 e. The van der Waals surface area contributed by atoms with Gasteiger partial charge in [-0.3, -0.25) is 4.90 Å². The molecule has 0 amide bonds. The van der Waals surface area contributed by atoms with Crippen LogP contribution in [0, 0.1) is 0 Å². The standard InChI is InChI=1S/C26H36N6O3/c1-7-26(2,3)32-25(27-28-29-32)24(20-18-19(33-4)12-13-22(20)34-5)31-16-14-30(15-17-31)21-10-8-9-11-23(21)35-6/h8-13,18,24H,7,14-17H2,1-6H3/t24-/m0/s1. The number of ether oxygens (including phenoxy) is 3. The van der Waals surface area contributed by atoms with E-state index in [1.54, 1.807) is 21.3 Å². The van der Waals surface area contributed by atoms with Gasteiger partial charge in [-0.15, -0.1) is 5.10 Å². The van der Waals surface area contributed by atoms with Crippen LogP contribution in [-0.4, -0.2) is 72.6 Å². The van der Waals surface area contributed by atoms with E-state index in [-0.39, 0.29) is 11.6 Å². The van der Waals surface area contributed by atoms with E-state index in [1.165, 1.54) is 0 Å². The summed E-state index contributed by atoms with van der Waals surface area (Å²) in [5.74, 6) is 3.24. The van der Waals surface area contributed by atoms with Gasteiger partial charge in [0, 0.05) is 31.7 Å². The average molecular weight is 481 g/mol. The van der Waals surface area contributed by atoms with Crippen LogP contribution in [0.25, 0.3) is 0 Å². The summed E-state index contributed by atoms with van der Waals surface area (Å²) in [6, 6.07) is 13.9. The summed E-state index contributed by atoms with van der Waals surface area (Å²) in [5.41, 5.74) is 1.87. The zero-order chi connectivity index (χ0) is 25.0. The molecule has 2 heterocycles. The van der Waals surface area contributed by atoms with Crippen molar-refractivity contribution in [2.24, 2.45) is 0 Å². The van der Waals surface area contributed by atoms with Gasteiger partial charge in [0.25, 0.3) is 0 Å². The monoisotopic (exact) mass is 480 g/mol. The van der Waals surface area contributed by atoms with Crippen molar-refractivity contribution in [3.05, 3.63) is 53.9 Å². The van der Waals surface area contributed by atoms with Gasteiger partial charge in [0.15, 0.2) is 5.82 Å². The fourth-order valence-corrected chi connectivity index (χ4v) is 4.61. The number of piperazine rings is 1. The molecule has 3 aromatic rings.